The van der Waals surface area contributed by atoms with Crippen LogP contribution in [-0.2, 0) is 20.7 Å². The number of para-hydroxylation sites is 1. The molecule has 2 aromatic rings. The van der Waals surface area contributed by atoms with E-state index in [2.05, 4.69) is 17.6 Å². The molecule has 8 nitrogen and oxygen atoms in total. The van der Waals surface area contributed by atoms with Crippen LogP contribution in [0.1, 0.15) is 84.4 Å². The molecule has 0 aliphatic carbocycles. The highest BCUT2D eigenvalue weighted by atomic mass is 16.6. The molecule has 0 aliphatic rings. The van der Waals surface area contributed by atoms with Crippen molar-refractivity contribution in [2.24, 2.45) is 0 Å². The lowest BCUT2D eigenvalue weighted by Gasteiger charge is -2.35. The van der Waals surface area contributed by atoms with E-state index in [1.807, 2.05) is 44.2 Å². The van der Waals surface area contributed by atoms with Gasteiger partial charge in [-0.05, 0) is 52.7 Å². The summed E-state index contributed by atoms with van der Waals surface area (Å²) < 4.78 is 5.47. The Balaban J connectivity index is 2.55. The monoisotopic (exact) mass is 539 g/mol. The van der Waals surface area contributed by atoms with E-state index in [0.717, 1.165) is 24.8 Å². The van der Waals surface area contributed by atoms with Crippen molar-refractivity contribution >= 4 is 17.9 Å². The van der Waals surface area contributed by atoms with Gasteiger partial charge >= 0.3 is 6.09 Å². The predicted octanol–water partition coefficient (Wildman–Crippen LogP) is 5.50. The summed E-state index contributed by atoms with van der Waals surface area (Å²) in [6.45, 7) is 11.3. The summed E-state index contributed by atoms with van der Waals surface area (Å²) >= 11 is 0. The molecule has 0 saturated carbocycles. The second kappa shape index (κ2) is 15.1. The summed E-state index contributed by atoms with van der Waals surface area (Å²) in [5.41, 5.74) is 0.429. The zero-order chi connectivity index (χ0) is 29.0. The highest BCUT2D eigenvalue weighted by Gasteiger charge is 2.37. The summed E-state index contributed by atoms with van der Waals surface area (Å²) in [6, 6.07) is 13.7. The Morgan fingerprint density at radius 1 is 0.923 bits per heavy atom. The van der Waals surface area contributed by atoms with E-state index >= 15 is 0 Å². The summed E-state index contributed by atoms with van der Waals surface area (Å²) in [4.78, 5) is 42.3. The Kier molecular flexibility index (Phi) is 12.3. The Hall–Kier alpha value is -3.55. The molecule has 0 radical (unpaired) electrons. The molecule has 2 aromatic carbocycles. The molecule has 0 saturated heterocycles. The standard InChI is InChI=1S/C31H45N3O5/c1-7-8-9-15-20-34(27(28(36)32-22(2)3)24-18-13-14-19-26(24)35)29(37)25(21-23-16-11-10-12-17-23)33-30(38)39-31(4,5)6/h10-14,16-19,22,25,27,35H,7-9,15,20-21H2,1-6H3,(H,32,36)(H,33,38). The van der Waals surface area contributed by atoms with Crippen molar-refractivity contribution in [2.45, 2.75) is 97.4 Å². The van der Waals surface area contributed by atoms with Crippen molar-refractivity contribution in [1.29, 1.82) is 0 Å². The quantitative estimate of drug-likeness (QED) is 0.291. The summed E-state index contributed by atoms with van der Waals surface area (Å²) in [5, 5.41) is 16.4. The van der Waals surface area contributed by atoms with Gasteiger partial charge in [0, 0.05) is 24.6 Å². The van der Waals surface area contributed by atoms with Gasteiger partial charge in [-0.1, -0.05) is 74.7 Å². The van der Waals surface area contributed by atoms with Crippen molar-refractivity contribution in [3.63, 3.8) is 0 Å². The van der Waals surface area contributed by atoms with Crippen LogP contribution in [0.5, 0.6) is 5.75 Å². The highest BCUT2D eigenvalue weighted by molar-refractivity contribution is 5.92. The van der Waals surface area contributed by atoms with Crippen molar-refractivity contribution in [3.05, 3.63) is 65.7 Å². The largest absolute Gasteiger partial charge is 0.508 e. The first-order chi connectivity index (χ1) is 18.4. The average molecular weight is 540 g/mol. The van der Waals surface area contributed by atoms with Gasteiger partial charge in [0.25, 0.3) is 0 Å². The zero-order valence-electron chi connectivity index (χ0n) is 24.2. The number of rotatable bonds is 13. The molecule has 0 bridgehead atoms. The maximum atomic E-state index is 14.3. The number of nitrogens with one attached hydrogen (secondary N) is 2. The average Bonchev–Trinajstić information content (AvgIpc) is 2.85. The molecular formula is C31H45N3O5. The lowest BCUT2D eigenvalue weighted by atomic mass is 9.99. The summed E-state index contributed by atoms with van der Waals surface area (Å²) in [7, 11) is 0. The van der Waals surface area contributed by atoms with Gasteiger partial charge in [0.2, 0.25) is 11.8 Å². The van der Waals surface area contributed by atoms with E-state index in [0.29, 0.717) is 12.0 Å². The molecule has 3 N–H and O–H groups in total. The fourth-order valence-electron chi connectivity index (χ4n) is 4.31. The number of phenolic OH excluding ortho intramolecular Hbond substituents is 1. The molecule has 2 rings (SSSR count). The summed E-state index contributed by atoms with van der Waals surface area (Å²) in [5.74, 6) is -0.896. The number of carbonyl (C=O) groups is 3. The van der Waals surface area contributed by atoms with Crippen LogP contribution in [0.25, 0.3) is 0 Å². The third-order valence-corrected chi connectivity index (χ3v) is 6.03. The molecule has 0 spiro atoms. The normalized spacial score (nSPS) is 12.9. The van der Waals surface area contributed by atoms with E-state index in [9.17, 15) is 19.5 Å². The topological polar surface area (TPSA) is 108 Å². The number of ether oxygens (including phenoxy) is 1. The van der Waals surface area contributed by atoms with Crippen LogP contribution < -0.4 is 10.6 Å². The number of carbonyl (C=O) groups excluding carboxylic acids is 3. The van der Waals surface area contributed by atoms with Gasteiger partial charge in [0.05, 0.1) is 0 Å². The maximum absolute atomic E-state index is 14.3. The third-order valence-electron chi connectivity index (χ3n) is 6.03. The van der Waals surface area contributed by atoms with E-state index in [-0.39, 0.29) is 24.8 Å². The number of benzene rings is 2. The lowest BCUT2D eigenvalue weighted by molar-refractivity contribution is -0.142. The lowest BCUT2D eigenvalue weighted by Crippen LogP contribution is -2.54. The van der Waals surface area contributed by atoms with Gasteiger partial charge in [-0.15, -0.1) is 0 Å². The molecule has 3 amide bonds. The minimum Gasteiger partial charge on any atom is -0.508 e. The first-order valence-electron chi connectivity index (χ1n) is 13.8. The van der Waals surface area contributed by atoms with E-state index in [1.54, 1.807) is 39.0 Å². The van der Waals surface area contributed by atoms with Crippen LogP contribution in [0, 0.1) is 0 Å². The molecule has 0 aliphatic heterocycles. The molecule has 0 aromatic heterocycles. The Bertz CT molecular complexity index is 1070. The Morgan fingerprint density at radius 3 is 2.15 bits per heavy atom. The third kappa shape index (κ3) is 10.6. The molecular weight excluding hydrogens is 494 g/mol. The van der Waals surface area contributed by atoms with Gasteiger partial charge in [-0.3, -0.25) is 9.59 Å². The first-order valence-corrected chi connectivity index (χ1v) is 13.8. The smallest absolute Gasteiger partial charge is 0.408 e. The van der Waals surface area contributed by atoms with Gasteiger partial charge < -0.3 is 25.4 Å². The first kappa shape index (κ1) is 31.7. The minimum atomic E-state index is -1.08. The minimum absolute atomic E-state index is 0.0764. The van der Waals surface area contributed by atoms with E-state index in [4.69, 9.17) is 4.74 Å². The molecule has 39 heavy (non-hydrogen) atoms. The zero-order valence-corrected chi connectivity index (χ0v) is 24.2. The molecule has 0 heterocycles. The molecule has 8 heteroatoms. The van der Waals surface area contributed by atoms with Gasteiger partial charge in [0.15, 0.2) is 0 Å². The van der Waals surface area contributed by atoms with Gasteiger partial charge in [-0.2, -0.15) is 0 Å². The van der Waals surface area contributed by atoms with Crippen LogP contribution >= 0.6 is 0 Å². The van der Waals surface area contributed by atoms with Crippen molar-refractivity contribution in [1.82, 2.24) is 15.5 Å². The number of hydrogen-bond acceptors (Lipinski definition) is 5. The predicted molar refractivity (Wildman–Crippen MR) is 153 cm³/mol. The van der Waals surface area contributed by atoms with Crippen molar-refractivity contribution < 1.29 is 24.2 Å². The number of alkyl carbamates (subject to hydrolysis) is 1. The number of aromatic hydroxyl groups is 1. The number of unbranched alkanes of at least 4 members (excludes halogenated alkanes) is 3. The maximum Gasteiger partial charge on any atom is 0.408 e. The highest BCUT2D eigenvalue weighted by Crippen LogP contribution is 2.30. The number of phenols is 1. The summed E-state index contributed by atoms with van der Waals surface area (Å²) in [6.07, 6.45) is 3.05. The van der Waals surface area contributed by atoms with Gasteiger partial charge in [0.1, 0.15) is 23.4 Å². The molecule has 2 unspecified atom stereocenters. The van der Waals surface area contributed by atoms with Crippen LogP contribution in [-0.4, -0.2) is 52.1 Å². The second-order valence-electron chi connectivity index (χ2n) is 11.1. The van der Waals surface area contributed by atoms with Crippen LogP contribution in [0.2, 0.25) is 0 Å². The number of amides is 3. The SMILES string of the molecule is CCCCCCN(C(=O)C(Cc1ccccc1)NC(=O)OC(C)(C)C)C(C(=O)NC(C)C)c1ccccc1O. The molecule has 0 fully saturated rings. The number of nitrogens with zero attached hydrogens (tertiary/aromatic N) is 1. The van der Waals surface area contributed by atoms with Gasteiger partial charge in [-0.25, -0.2) is 4.79 Å². The Labute approximate surface area is 233 Å². The van der Waals surface area contributed by atoms with Crippen molar-refractivity contribution in [3.8, 4) is 5.75 Å². The molecule has 2 atom stereocenters. The number of hydrogen-bond donors (Lipinski definition) is 3. The fraction of sp³-hybridized carbons (Fsp3) is 0.516. The van der Waals surface area contributed by atoms with Crippen LogP contribution in [0.4, 0.5) is 4.79 Å². The second-order valence-corrected chi connectivity index (χ2v) is 11.1. The van der Waals surface area contributed by atoms with E-state index in [1.165, 1.54) is 11.0 Å². The van der Waals surface area contributed by atoms with E-state index < -0.39 is 35.6 Å². The Morgan fingerprint density at radius 2 is 1.56 bits per heavy atom. The fourth-order valence-corrected chi connectivity index (χ4v) is 4.31. The van der Waals surface area contributed by atoms with Crippen molar-refractivity contribution in [2.75, 3.05) is 6.54 Å². The molecule has 214 valence electrons. The van der Waals surface area contributed by atoms with Crippen LogP contribution in [0.3, 0.4) is 0 Å². The van der Waals surface area contributed by atoms with Crippen LogP contribution in [0.15, 0.2) is 54.6 Å².